The molecule has 0 saturated heterocycles. The van der Waals surface area contributed by atoms with Crippen LogP contribution in [0.5, 0.6) is 0 Å². The van der Waals surface area contributed by atoms with Crippen LogP contribution in [0, 0.1) is 0 Å². The molecule has 25 heavy (non-hydrogen) atoms. The Hall–Kier alpha value is -2.59. The highest BCUT2D eigenvalue weighted by Gasteiger charge is 2.24. The molecule has 0 aliphatic heterocycles. The summed E-state index contributed by atoms with van der Waals surface area (Å²) in [6.07, 6.45) is 2.89. The quantitative estimate of drug-likeness (QED) is 0.480. The van der Waals surface area contributed by atoms with Gasteiger partial charge in [-0.2, -0.15) is 5.10 Å². The van der Waals surface area contributed by atoms with Crippen LogP contribution >= 0.6 is 23.1 Å². The summed E-state index contributed by atoms with van der Waals surface area (Å²) in [6, 6.07) is 3.48. The van der Waals surface area contributed by atoms with Crippen molar-refractivity contribution in [1.82, 2.24) is 15.2 Å². The van der Waals surface area contributed by atoms with Crippen LogP contribution in [0.25, 0.3) is 11.3 Å². The van der Waals surface area contributed by atoms with Crippen molar-refractivity contribution in [2.45, 2.75) is 12.1 Å². The molecule has 3 rings (SSSR count). The summed E-state index contributed by atoms with van der Waals surface area (Å²) >= 11 is 2.45. The standard InChI is InChI=1S/C15H14N4O4S2/c1-2-22-14(21)12-9(10-4-3-5-23-10)6-24-13(12)18-11(20)7-25-15-16-8-17-19-15/h3-6,8H,2,7H2,1H3,(H,18,20)(H,16,17,19). The molecular formula is C15H14N4O4S2. The molecule has 0 spiro atoms. The summed E-state index contributed by atoms with van der Waals surface area (Å²) in [5, 5.41) is 11.9. The van der Waals surface area contributed by atoms with E-state index in [0.29, 0.717) is 27.0 Å². The van der Waals surface area contributed by atoms with Crippen LogP contribution in [-0.4, -0.2) is 39.4 Å². The fourth-order valence-corrected chi connectivity index (χ4v) is 3.56. The van der Waals surface area contributed by atoms with Crippen molar-refractivity contribution in [3.63, 3.8) is 0 Å². The highest BCUT2D eigenvalue weighted by molar-refractivity contribution is 7.99. The Bertz CT molecular complexity index is 843. The lowest BCUT2D eigenvalue weighted by molar-refractivity contribution is -0.113. The molecule has 10 heteroatoms. The van der Waals surface area contributed by atoms with E-state index in [-0.39, 0.29) is 18.3 Å². The molecule has 3 aromatic rings. The molecule has 1 amide bonds. The van der Waals surface area contributed by atoms with Crippen LogP contribution < -0.4 is 5.32 Å². The van der Waals surface area contributed by atoms with Gasteiger partial charge in [0, 0.05) is 10.9 Å². The van der Waals surface area contributed by atoms with E-state index in [1.165, 1.54) is 35.7 Å². The van der Waals surface area contributed by atoms with Gasteiger partial charge >= 0.3 is 5.97 Å². The number of rotatable bonds is 7. The predicted octanol–water partition coefficient (Wildman–Crippen LogP) is 3.03. The SMILES string of the molecule is CCOC(=O)c1c(-c2ccco2)csc1NC(=O)CSc1ncn[nH]1. The topological polar surface area (TPSA) is 110 Å². The zero-order chi connectivity index (χ0) is 17.6. The highest BCUT2D eigenvalue weighted by Crippen LogP contribution is 2.36. The highest BCUT2D eigenvalue weighted by atomic mass is 32.2. The number of aromatic amines is 1. The molecule has 0 radical (unpaired) electrons. The smallest absolute Gasteiger partial charge is 0.341 e. The van der Waals surface area contributed by atoms with Gasteiger partial charge < -0.3 is 14.5 Å². The number of carbonyl (C=O) groups is 2. The fraction of sp³-hybridized carbons (Fsp3) is 0.200. The first-order valence-electron chi connectivity index (χ1n) is 7.29. The molecule has 0 aromatic carbocycles. The maximum absolute atomic E-state index is 12.3. The zero-order valence-electron chi connectivity index (χ0n) is 13.1. The molecule has 0 aliphatic rings. The van der Waals surface area contributed by atoms with Crippen molar-refractivity contribution >= 4 is 40.0 Å². The van der Waals surface area contributed by atoms with Gasteiger partial charge in [-0.15, -0.1) is 11.3 Å². The third-order valence-electron chi connectivity index (χ3n) is 3.04. The van der Waals surface area contributed by atoms with Crippen molar-refractivity contribution < 1.29 is 18.7 Å². The molecule has 0 aliphatic carbocycles. The molecule has 0 atom stereocenters. The van der Waals surface area contributed by atoms with Gasteiger partial charge in [0.15, 0.2) is 5.16 Å². The van der Waals surface area contributed by atoms with E-state index in [9.17, 15) is 9.59 Å². The van der Waals surface area contributed by atoms with Crippen LogP contribution in [0.4, 0.5) is 5.00 Å². The molecule has 0 bridgehead atoms. The average Bonchev–Trinajstić information content (AvgIpc) is 3.34. The van der Waals surface area contributed by atoms with Crippen molar-refractivity contribution in [1.29, 1.82) is 0 Å². The first kappa shape index (κ1) is 17.2. The van der Waals surface area contributed by atoms with Gasteiger partial charge in [0.2, 0.25) is 5.91 Å². The first-order chi connectivity index (χ1) is 12.2. The van der Waals surface area contributed by atoms with Gasteiger partial charge in [-0.3, -0.25) is 9.89 Å². The van der Waals surface area contributed by atoms with Crippen molar-refractivity contribution in [3.05, 3.63) is 35.7 Å². The minimum Gasteiger partial charge on any atom is -0.464 e. The van der Waals surface area contributed by atoms with Gasteiger partial charge in [0.05, 0.1) is 18.6 Å². The predicted molar refractivity (Wildman–Crippen MR) is 93.7 cm³/mol. The number of thioether (sulfide) groups is 1. The van der Waals surface area contributed by atoms with Gasteiger partial charge in [0.25, 0.3) is 0 Å². The maximum Gasteiger partial charge on any atom is 0.341 e. The lowest BCUT2D eigenvalue weighted by atomic mass is 10.1. The number of nitrogens with one attached hydrogen (secondary N) is 2. The molecular weight excluding hydrogens is 364 g/mol. The molecule has 3 aromatic heterocycles. The molecule has 0 saturated carbocycles. The first-order valence-corrected chi connectivity index (χ1v) is 9.16. The Labute approximate surface area is 151 Å². The molecule has 0 fully saturated rings. The average molecular weight is 378 g/mol. The van der Waals surface area contributed by atoms with Crippen LogP contribution in [0.2, 0.25) is 0 Å². The largest absolute Gasteiger partial charge is 0.464 e. The van der Waals surface area contributed by atoms with Crippen molar-refractivity contribution in [3.8, 4) is 11.3 Å². The van der Waals surface area contributed by atoms with Crippen LogP contribution in [-0.2, 0) is 9.53 Å². The third kappa shape index (κ3) is 4.09. The lowest BCUT2D eigenvalue weighted by Gasteiger charge is -2.07. The summed E-state index contributed by atoms with van der Waals surface area (Å²) in [5.41, 5.74) is 0.881. The number of nitrogens with zero attached hydrogens (tertiary/aromatic N) is 2. The normalized spacial score (nSPS) is 10.6. The number of esters is 1. The van der Waals surface area contributed by atoms with Crippen LogP contribution in [0.1, 0.15) is 17.3 Å². The van der Waals surface area contributed by atoms with E-state index in [0.717, 1.165) is 0 Å². The lowest BCUT2D eigenvalue weighted by Crippen LogP contribution is -2.16. The van der Waals surface area contributed by atoms with E-state index in [2.05, 4.69) is 20.5 Å². The number of carbonyl (C=O) groups excluding carboxylic acids is 2. The number of hydrogen-bond acceptors (Lipinski definition) is 8. The number of amides is 1. The van der Waals surface area contributed by atoms with Gasteiger partial charge in [-0.25, -0.2) is 9.78 Å². The molecule has 3 heterocycles. The second kappa shape index (κ2) is 7.99. The molecule has 0 unspecified atom stereocenters. The summed E-state index contributed by atoms with van der Waals surface area (Å²) < 4.78 is 10.5. The molecule has 130 valence electrons. The minimum absolute atomic E-state index is 0.130. The van der Waals surface area contributed by atoms with Gasteiger partial charge in [-0.05, 0) is 19.1 Å². The number of hydrogen-bond donors (Lipinski definition) is 2. The second-order valence-electron chi connectivity index (χ2n) is 4.68. The monoisotopic (exact) mass is 378 g/mol. The number of aromatic nitrogens is 3. The van der Waals surface area contributed by atoms with E-state index in [1.54, 1.807) is 24.4 Å². The molecule has 2 N–H and O–H groups in total. The summed E-state index contributed by atoms with van der Waals surface area (Å²) in [5.74, 6) is -0.102. The Morgan fingerprint density at radius 2 is 2.36 bits per heavy atom. The van der Waals surface area contributed by atoms with E-state index >= 15 is 0 Å². The fourth-order valence-electron chi connectivity index (χ4n) is 2.03. The second-order valence-corrected chi connectivity index (χ2v) is 6.52. The summed E-state index contributed by atoms with van der Waals surface area (Å²) in [6.45, 7) is 1.96. The number of H-pyrrole nitrogens is 1. The summed E-state index contributed by atoms with van der Waals surface area (Å²) in [4.78, 5) is 28.4. The van der Waals surface area contributed by atoms with E-state index < -0.39 is 5.97 Å². The number of furan rings is 1. The Morgan fingerprint density at radius 3 is 3.04 bits per heavy atom. The number of ether oxygens (including phenoxy) is 1. The Kier molecular flexibility index (Phi) is 5.51. The van der Waals surface area contributed by atoms with Crippen molar-refractivity contribution in [2.75, 3.05) is 17.7 Å². The van der Waals surface area contributed by atoms with Crippen LogP contribution in [0.15, 0.2) is 39.7 Å². The van der Waals surface area contributed by atoms with Crippen LogP contribution in [0.3, 0.4) is 0 Å². The minimum atomic E-state index is -0.506. The number of anilines is 1. The number of thiophene rings is 1. The maximum atomic E-state index is 12.3. The van der Waals surface area contributed by atoms with E-state index in [4.69, 9.17) is 9.15 Å². The Balaban J connectivity index is 1.78. The van der Waals surface area contributed by atoms with Gasteiger partial charge in [-0.1, -0.05) is 11.8 Å². The van der Waals surface area contributed by atoms with E-state index in [1.807, 2.05) is 0 Å². The molecule has 8 nitrogen and oxygen atoms in total. The third-order valence-corrected chi connectivity index (χ3v) is 4.82. The summed E-state index contributed by atoms with van der Waals surface area (Å²) in [7, 11) is 0. The van der Waals surface area contributed by atoms with Crippen molar-refractivity contribution in [2.24, 2.45) is 0 Å². The Morgan fingerprint density at radius 1 is 1.48 bits per heavy atom. The van der Waals surface area contributed by atoms with Gasteiger partial charge in [0.1, 0.15) is 22.7 Å². The zero-order valence-corrected chi connectivity index (χ0v) is 14.8.